The molecule has 4 nitrogen and oxygen atoms in total. The number of benzene rings is 1. The van der Waals surface area contributed by atoms with Gasteiger partial charge in [0, 0.05) is 12.7 Å². The number of ether oxygens (including phenoxy) is 2. The predicted octanol–water partition coefficient (Wildman–Crippen LogP) is 2.69. The van der Waals surface area contributed by atoms with Crippen LogP contribution >= 0.6 is 0 Å². The lowest BCUT2D eigenvalue weighted by atomic mass is 9.82. The van der Waals surface area contributed by atoms with Crippen LogP contribution in [0.4, 0.5) is 0 Å². The molecule has 1 aliphatic carbocycles. The van der Waals surface area contributed by atoms with Crippen LogP contribution in [-0.4, -0.2) is 36.6 Å². The topological polar surface area (TPSA) is 58.9 Å². The first-order valence-electron chi connectivity index (χ1n) is 7.81. The molecule has 118 valence electrons. The molecule has 0 radical (unpaired) electrons. The summed E-state index contributed by atoms with van der Waals surface area (Å²) >= 11 is 0. The number of rotatable bonds is 7. The van der Waals surface area contributed by atoms with Gasteiger partial charge in [-0.3, -0.25) is 0 Å². The largest absolute Gasteiger partial charge is 0.491 e. The number of hydrogen-bond donors (Lipinski definition) is 2. The number of aliphatic hydroxyl groups excluding tert-OH is 2. The van der Waals surface area contributed by atoms with Gasteiger partial charge in [0.15, 0.2) is 0 Å². The van der Waals surface area contributed by atoms with Crippen molar-refractivity contribution < 1.29 is 19.7 Å². The Morgan fingerprint density at radius 3 is 2.52 bits per heavy atom. The van der Waals surface area contributed by atoms with Crippen molar-refractivity contribution in [2.75, 3.05) is 20.3 Å². The van der Waals surface area contributed by atoms with Gasteiger partial charge in [-0.1, -0.05) is 37.5 Å². The minimum absolute atomic E-state index is 0.181. The molecule has 1 aliphatic rings. The number of para-hydroxylation sites is 1. The Hall–Kier alpha value is -1.10. The van der Waals surface area contributed by atoms with Crippen molar-refractivity contribution in [2.24, 2.45) is 5.92 Å². The zero-order valence-electron chi connectivity index (χ0n) is 12.7. The van der Waals surface area contributed by atoms with Crippen LogP contribution in [0.3, 0.4) is 0 Å². The second kappa shape index (κ2) is 8.37. The molecule has 0 aliphatic heterocycles. The highest BCUT2D eigenvalue weighted by atomic mass is 16.5. The molecule has 0 aromatic heterocycles. The van der Waals surface area contributed by atoms with Gasteiger partial charge in [-0.2, -0.15) is 0 Å². The van der Waals surface area contributed by atoms with Gasteiger partial charge in [0.1, 0.15) is 18.5 Å². The van der Waals surface area contributed by atoms with Crippen LogP contribution in [0, 0.1) is 5.92 Å². The van der Waals surface area contributed by atoms with E-state index < -0.39 is 12.2 Å². The standard InChI is InChI=1S/C17H26O4/c1-20-11-12-21-15-10-6-5-9-14(15)17(19)16(18)13-7-3-2-4-8-13/h5-6,9-10,13,16-19H,2-4,7-8,11-12H2,1H3. The average Bonchev–Trinajstić information content (AvgIpc) is 2.55. The maximum absolute atomic E-state index is 10.5. The lowest BCUT2D eigenvalue weighted by Gasteiger charge is -2.30. The summed E-state index contributed by atoms with van der Waals surface area (Å²) in [6.45, 7) is 0.926. The lowest BCUT2D eigenvalue weighted by Crippen LogP contribution is -2.29. The van der Waals surface area contributed by atoms with Gasteiger partial charge < -0.3 is 19.7 Å². The van der Waals surface area contributed by atoms with Gasteiger partial charge in [0.25, 0.3) is 0 Å². The van der Waals surface area contributed by atoms with Crippen molar-refractivity contribution in [1.29, 1.82) is 0 Å². The second-order valence-electron chi connectivity index (χ2n) is 5.71. The first kappa shape index (κ1) is 16.3. The molecule has 0 bridgehead atoms. The molecule has 4 heteroatoms. The van der Waals surface area contributed by atoms with Crippen LogP contribution < -0.4 is 4.74 Å². The molecule has 1 saturated carbocycles. The minimum Gasteiger partial charge on any atom is -0.491 e. The van der Waals surface area contributed by atoms with Gasteiger partial charge in [0.2, 0.25) is 0 Å². The Labute approximate surface area is 126 Å². The summed E-state index contributed by atoms with van der Waals surface area (Å²) in [5.74, 6) is 0.803. The highest BCUT2D eigenvalue weighted by molar-refractivity contribution is 5.35. The molecule has 0 amide bonds. The Balaban J connectivity index is 2.04. The molecule has 2 rings (SSSR count). The fourth-order valence-corrected chi connectivity index (χ4v) is 3.01. The van der Waals surface area contributed by atoms with Crippen LogP contribution in [0.1, 0.15) is 43.8 Å². The molecule has 0 spiro atoms. The molecule has 1 fully saturated rings. The average molecular weight is 294 g/mol. The Bertz CT molecular complexity index is 415. The summed E-state index contributed by atoms with van der Waals surface area (Å²) in [6, 6.07) is 7.36. The highest BCUT2D eigenvalue weighted by Crippen LogP contribution is 2.35. The zero-order valence-corrected chi connectivity index (χ0v) is 12.7. The van der Waals surface area contributed by atoms with Gasteiger partial charge >= 0.3 is 0 Å². The maximum atomic E-state index is 10.5. The molecule has 0 saturated heterocycles. The van der Waals surface area contributed by atoms with E-state index in [1.54, 1.807) is 7.11 Å². The molecule has 2 atom stereocenters. The van der Waals surface area contributed by atoms with E-state index in [0.29, 0.717) is 24.5 Å². The van der Waals surface area contributed by atoms with Crippen molar-refractivity contribution in [3.8, 4) is 5.75 Å². The SMILES string of the molecule is COCCOc1ccccc1C(O)C(O)C1CCCCC1. The molecule has 1 aromatic carbocycles. The van der Waals surface area contributed by atoms with Crippen LogP contribution in [0.15, 0.2) is 24.3 Å². The van der Waals surface area contributed by atoms with E-state index in [0.717, 1.165) is 25.7 Å². The van der Waals surface area contributed by atoms with Crippen LogP contribution in [0.2, 0.25) is 0 Å². The number of methoxy groups -OCH3 is 1. The number of hydrogen-bond acceptors (Lipinski definition) is 4. The predicted molar refractivity (Wildman–Crippen MR) is 81.4 cm³/mol. The van der Waals surface area contributed by atoms with Crippen molar-refractivity contribution >= 4 is 0 Å². The maximum Gasteiger partial charge on any atom is 0.125 e. The van der Waals surface area contributed by atoms with E-state index in [1.807, 2.05) is 24.3 Å². The third kappa shape index (κ3) is 4.43. The fraction of sp³-hybridized carbons (Fsp3) is 0.647. The monoisotopic (exact) mass is 294 g/mol. The van der Waals surface area contributed by atoms with Gasteiger partial charge in [-0.15, -0.1) is 0 Å². The molecule has 2 unspecified atom stereocenters. The normalized spacial score (nSPS) is 19.2. The van der Waals surface area contributed by atoms with E-state index in [1.165, 1.54) is 6.42 Å². The summed E-state index contributed by atoms with van der Waals surface area (Å²) in [6.07, 6.45) is 3.87. The Morgan fingerprint density at radius 1 is 1.10 bits per heavy atom. The van der Waals surface area contributed by atoms with E-state index in [2.05, 4.69) is 0 Å². The smallest absolute Gasteiger partial charge is 0.125 e. The van der Waals surface area contributed by atoms with Crippen LogP contribution in [-0.2, 0) is 4.74 Å². The first-order valence-corrected chi connectivity index (χ1v) is 7.81. The number of aliphatic hydroxyl groups is 2. The molecular formula is C17H26O4. The van der Waals surface area contributed by atoms with Gasteiger partial charge in [-0.05, 0) is 24.8 Å². The third-order valence-corrected chi connectivity index (χ3v) is 4.24. The van der Waals surface area contributed by atoms with E-state index in [4.69, 9.17) is 9.47 Å². The second-order valence-corrected chi connectivity index (χ2v) is 5.71. The Morgan fingerprint density at radius 2 is 1.81 bits per heavy atom. The molecular weight excluding hydrogens is 268 g/mol. The summed E-state index contributed by atoms with van der Waals surface area (Å²) in [5, 5.41) is 21.0. The van der Waals surface area contributed by atoms with Crippen molar-refractivity contribution in [3.05, 3.63) is 29.8 Å². The summed E-state index contributed by atoms with van der Waals surface area (Å²) < 4.78 is 10.6. The third-order valence-electron chi connectivity index (χ3n) is 4.24. The lowest BCUT2D eigenvalue weighted by molar-refractivity contribution is -0.0298. The summed E-state index contributed by atoms with van der Waals surface area (Å²) in [4.78, 5) is 0. The van der Waals surface area contributed by atoms with Gasteiger partial charge in [-0.25, -0.2) is 0 Å². The summed E-state index contributed by atoms with van der Waals surface area (Å²) in [5.41, 5.74) is 0.659. The van der Waals surface area contributed by atoms with E-state index >= 15 is 0 Å². The van der Waals surface area contributed by atoms with Crippen molar-refractivity contribution in [3.63, 3.8) is 0 Å². The van der Waals surface area contributed by atoms with Crippen LogP contribution in [0.25, 0.3) is 0 Å². The summed E-state index contributed by atoms with van der Waals surface area (Å²) in [7, 11) is 1.62. The zero-order chi connectivity index (χ0) is 15.1. The van der Waals surface area contributed by atoms with Gasteiger partial charge in [0.05, 0.1) is 12.7 Å². The van der Waals surface area contributed by atoms with Crippen molar-refractivity contribution in [2.45, 2.75) is 44.3 Å². The molecule has 0 heterocycles. The van der Waals surface area contributed by atoms with Crippen molar-refractivity contribution in [1.82, 2.24) is 0 Å². The minimum atomic E-state index is -0.896. The van der Waals surface area contributed by atoms with E-state index in [-0.39, 0.29) is 5.92 Å². The molecule has 21 heavy (non-hydrogen) atoms. The first-order chi connectivity index (χ1) is 10.2. The highest BCUT2D eigenvalue weighted by Gasteiger charge is 2.30. The quantitative estimate of drug-likeness (QED) is 0.759. The molecule has 2 N–H and O–H groups in total. The van der Waals surface area contributed by atoms with E-state index in [9.17, 15) is 10.2 Å². The Kier molecular flexibility index (Phi) is 6.49. The fourth-order valence-electron chi connectivity index (χ4n) is 3.01. The van der Waals surface area contributed by atoms with Crippen LogP contribution in [0.5, 0.6) is 5.75 Å². The molecule has 1 aromatic rings.